The van der Waals surface area contributed by atoms with E-state index in [1.807, 2.05) is 0 Å². The Bertz CT molecular complexity index is 1050. The molecule has 0 aliphatic carbocycles. The van der Waals surface area contributed by atoms with Crippen LogP contribution in [0.4, 0.5) is 8.78 Å². The van der Waals surface area contributed by atoms with Crippen molar-refractivity contribution >= 4 is 17.0 Å². The van der Waals surface area contributed by atoms with Gasteiger partial charge in [0, 0.05) is 11.1 Å². The molecule has 2 heterocycles. The second-order valence-corrected chi connectivity index (χ2v) is 6.21. The molecule has 0 aliphatic rings. The van der Waals surface area contributed by atoms with Gasteiger partial charge in [0.25, 0.3) is 6.43 Å². The number of pyridine rings is 1. The zero-order valence-electron chi connectivity index (χ0n) is 16.5. The number of esters is 1. The number of ether oxygens (including phenoxy) is 3. The van der Waals surface area contributed by atoms with Crippen molar-refractivity contribution in [3.05, 3.63) is 35.5 Å². The molecule has 3 rings (SSSR count). The van der Waals surface area contributed by atoms with Crippen LogP contribution in [-0.4, -0.2) is 41.6 Å². The summed E-state index contributed by atoms with van der Waals surface area (Å²) in [6.07, 6.45) is -2.74. The molecule has 0 N–H and O–H groups in total. The maximum absolute atomic E-state index is 13.8. The zero-order chi connectivity index (χ0) is 21.1. The van der Waals surface area contributed by atoms with Crippen molar-refractivity contribution in [1.29, 1.82) is 0 Å². The Kier molecular flexibility index (Phi) is 5.95. The Balaban J connectivity index is 2.20. The predicted molar refractivity (Wildman–Crippen MR) is 102 cm³/mol. The summed E-state index contributed by atoms with van der Waals surface area (Å²) in [6.45, 7) is 3.28. The van der Waals surface area contributed by atoms with Gasteiger partial charge >= 0.3 is 5.97 Å². The number of alkyl halides is 2. The Morgan fingerprint density at radius 3 is 2.52 bits per heavy atom. The van der Waals surface area contributed by atoms with Crippen LogP contribution in [0.25, 0.3) is 22.3 Å². The minimum atomic E-state index is -2.74. The van der Waals surface area contributed by atoms with E-state index in [1.54, 1.807) is 32.0 Å². The van der Waals surface area contributed by atoms with Crippen LogP contribution in [0.5, 0.6) is 11.5 Å². The van der Waals surface area contributed by atoms with E-state index < -0.39 is 12.4 Å². The van der Waals surface area contributed by atoms with Gasteiger partial charge in [0.15, 0.2) is 17.1 Å². The first-order chi connectivity index (χ1) is 13.9. The highest BCUT2D eigenvalue weighted by atomic mass is 19.3. The van der Waals surface area contributed by atoms with Crippen molar-refractivity contribution in [2.24, 2.45) is 0 Å². The van der Waals surface area contributed by atoms with Crippen LogP contribution >= 0.6 is 0 Å². The third kappa shape index (κ3) is 3.98. The molecule has 0 atom stereocenters. The van der Waals surface area contributed by atoms with E-state index in [-0.39, 0.29) is 29.7 Å². The number of hydrogen-bond acceptors (Lipinski definition) is 6. The van der Waals surface area contributed by atoms with Gasteiger partial charge in [-0.1, -0.05) is 0 Å². The van der Waals surface area contributed by atoms with Crippen LogP contribution in [0.1, 0.15) is 24.6 Å². The average molecular weight is 405 g/mol. The molecule has 0 saturated carbocycles. The number of nitrogens with zero attached hydrogens (tertiary/aromatic N) is 3. The fraction of sp³-hybridized carbons (Fsp3) is 0.350. The maximum atomic E-state index is 13.8. The molecule has 0 saturated heterocycles. The fourth-order valence-corrected chi connectivity index (χ4v) is 3.14. The Morgan fingerprint density at radius 2 is 1.90 bits per heavy atom. The standard InChI is InChI=1S/C20H21F2N3O4/c1-5-29-17(26)10-25-20-18(11(2)24-25)13(19(21)22)9-14(23-20)12-6-7-15(27-3)16(8-12)28-4/h6-9,19H,5,10H2,1-4H3. The number of fused-ring (bicyclic) bond motifs is 1. The summed E-state index contributed by atoms with van der Waals surface area (Å²) in [5, 5.41) is 4.46. The zero-order valence-corrected chi connectivity index (χ0v) is 16.5. The summed E-state index contributed by atoms with van der Waals surface area (Å²) in [7, 11) is 2.99. The molecule has 7 nitrogen and oxygen atoms in total. The van der Waals surface area contributed by atoms with Crippen molar-refractivity contribution in [3.63, 3.8) is 0 Å². The molecule has 3 aromatic rings. The van der Waals surface area contributed by atoms with Gasteiger partial charge in [0.1, 0.15) is 6.54 Å². The number of halogens is 2. The average Bonchev–Trinajstić information content (AvgIpc) is 3.02. The number of methoxy groups -OCH3 is 2. The minimum Gasteiger partial charge on any atom is -0.493 e. The quantitative estimate of drug-likeness (QED) is 0.555. The number of carbonyl (C=O) groups is 1. The van der Waals surface area contributed by atoms with E-state index in [0.717, 1.165) is 0 Å². The van der Waals surface area contributed by atoms with E-state index in [9.17, 15) is 13.6 Å². The highest BCUT2D eigenvalue weighted by Gasteiger charge is 2.22. The number of aryl methyl sites for hydroxylation is 1. The van der Waals surface area contributed by atoms with Gasteiger partial charge in [-0.25, -0.2) is 18.4 Å². The van der Waals surface area contributed by atoms with Crippen molar-refractivity contribution in [1.82, 2.24) is 14.8 Å². The monoisotopic (exact) mass is 405 g/mol. The normalized spacial score (nSPS) is 11.1. The van der Waals surface area contributed by atoms with Gasteiger partial charge in [-0.05, 0) is 38.1 Å². The lowest BCUT2D eigenvalue weighted by molar-refractivity contribution is -0.143. The van der Waals surface area contributed by atoms with Crippen LogP contribution in [0.3, 0.4) is 0 Å². The smallest absolute Gasteiger partial charge is 0.327 e. The van der Waals surface area contributed by atoms with E-state index in [0.29, 0.717) is 28.5 Å². The molecule has 0 unspecified atom stereocenters. The molecule has 0 fully saturated rings. The predicted octanol–water partition coefficient (Wildman–Crippen LogP) is 3.92. The van der Waals surface area contributed by atoms with Crippen molar-refractivity contribution < 1.29 is 27.8 Å². The summed E-state index contributed by atoms with van der Waals surface area (Å²) in [6, 6.07) is 6.35. The summed E-state index contributed by atoms with van der Waals surface area (Å²) in [5.41, 5.74) is 1.23. The summed E-state index contributed by atoms with van der Waals surface area (Å²) in [5.74, 6) is 0.435. The molecule has 0 radical (unpaired) electrons. The molecule has 1 aromatic carbocycles. The van der Waals surface area contributed by atoms with Gasteiger partial charge < -0.3 is 14.2 Å². The molecular formula is C20H21F2N3O4. The number of carbonyl (C=O) groups excluding carboxylic acids is 1. The number of hydrogen-bond donors (Lipinski definition) is 0. The lowest BCUT2D eigenvalue weighted by Gasteiger charge is -2.11. The SMILES string of the molecule is CCOC(=O)Cn1nc(C)c2c(C(F)F)cc(-c3ccc(OC)c(OC)c3)nc21. The molecule has 0 aliphatic heterocycles. The van der Waals surface area contributed by atoms with Crippen LogP contribution < -0.4 is 9.47 Å². The lowest BCUT2D eigenvalue weighted by Crippen LogP contribution is -2.15. The van der Waals surface area contributed by atoms with Crippen LogP contribution in [-0.2, 0) is 16.1 Å². The second kappa shape index (κ2) is 8.42. The largest absolute Gasteiger partial charge is 0.493 e. The molecular weight excluding hydrogens is 384 g/mol. The van der Waals surface area contributed by atoms with Crippen LogP contribution in [0, 0.1) is 6.92 Å². The number of rotatable bonds is 7. The van der Waals surface area contributed by atoms with Crippen LogP contribution in [0.2, 0.25) is 0 Å². The van der Waals surface area contributed by atoms with Gasteiger partial charge in [0.2, 0.25) is 0 Å². The summed E-state index contributed by atoms with van der Waals surface area (Å²) in [4.78, 5) is 16.4. The molecule has 154 valence electrons. The third-order valence-electron chi connectivity index (χ3n) is 4.41. The molecule has 0 bridgehead atoms. The first kappa shape index (κ1) is 20.5. The van der Waals surface area contributed by atoms with Gasteiger partial charge in [-0.2, -0.15) is 5.10 Å². The molecule has 0 spiro atoms. The molecule has 2 aromatic heterocycles. The van der Waals surface area contributed by atoms with Crippen molar-refractivity contribution in [2.45, 2.75) is 26.8 Å². The minimum absolute atomic E-state index is 0.193. The Morgan fingerprint density at radius 1 is 1.17 bits per heavy atom. The topological polar surface area (TPSA) is 75.5 Å². The second-order valence-electron chi connectivity index (χ2n) is 6.21. The van der Waals surface area contributed by atoms with Crippen molar-refractivity contribution in [2.75, 3.05) is 20.8 Å². The molecule has 0 amide bonds. The van der Waals surface area contributed by atoms with Crippen molar-refractivity contribution in [3.8, 4) is 22.8 Å². The Labute approximate surface area is 166 Å². The highest BCUT2D eigenvalue weighted by Crippen LogP contribution is 2.36. The first-order valence-electron chi connectivity index (χ1n) is 8.93. The molecule has 29 heavy (non-hydrogen) atoms. The van der Waals surface area contributed by atoms with E-state index >= 15 is 0 Å². The third-order valence-corrected chi connectivity index (χ3v) is 4.41. The van der Waals surface area contributed by atoms with Gasteiger partial charge in [-0.3, -0.25) is 4.79 Å². The van der Waals surface area contributed by atoms with E-state index in [2.05, 4.69) is 10.1 Å². The highest BCUT2D eigenvalue weighted by molar-refractivity contribution is 5.86. The molecule has 9 heteroatoms. The lowest BCUT2D eigenvalue weighted by atomic mass is 10.1. The summed E-state index contributed by atoms with van der Waals surface area (Å²) < 4.78 is 44.4. The van der Waals surface area contributed by atoms with Gasteiger partial charge in [-0.15, -0.1) is 0 Å². The number of benzene rings is 1. The van der Waals surface area contributed by atoms with E-state index in [4.69, 9.17) is 14.2 Å². The Hall–Kier alpha value is -3.23. The van der Waals surface area contributed by atoms with E-state index in [1.165, 1.54) is 25.0 Å². The first-order valence-corrected chi connectivity index (χ1v) is 8.93. The maximum Gasteiger partial charge on any atom is 0.327 e. The fourth-order valence-electron chi connectivity index (χ4n) is 3.14. The summed E-state index contributed by atoms with van der Waals surface area (Å²) >= 11 is 0. The number of aromatic nitrogens is 3. The van der Waals surface area contributed by atoms with Gasteiger partial charge in [0.05, 0.1) is 37.6 Å². The van der Waals surface area contributed by atoms with Crippen LogP contribution in [0.15, 0.2) is 24.3 Å².